The van der Waals surface area contributed by atoms with Gasteiger partial charge >= 0.3 is 0 Å². The number of nitrogens with one attached hydrogen (secondary N) is 1. The Bertz CT molecular complexity index is 824. The van der Waals surface area contributed by atoms with E-state index in [1.54, 1.807) is 36.7 Å². The van der Waals surface area contributed by atoms with E-state index in [2.05, 4.69) is 9.97 Å². The summed E-state index contributed by atoms with van der Waals surface area (Å²) in [5, 5.41) is 1.76. The average molecular weight is 305 g/mol. The van der Waals surface area contributed by atoms with Gasteiger partial charge in [0.05, 0.1) is 10.6 Å². The van der Waals surface area contributed by atoms with Gasteiger partial charge in [-0.1, -0.05) is 23.2 Å². The summed E-state index contributed by atoms with van der Waals surface area (Å²) in [6.45, 7) is 1.85. The highest BCUT2D eigenvalue weighted by atomic mass is 35.5. The molecule has 3 aromatic rings. The summed E-state index contributed by atoms with van der Waals surface area (Å²) in [7, 11) is 0. The number of rotatable bonds is 2. The molecule has 1 N–H and O–H groups in total. The smallest absolute Gasteiger partial charge is 0.195 e. The van der Waals surface area contributed by atoms with Crippen molar-refractivity contribution in [3.05, 3.63) is 63.4 Å². The summed E-state index contributed by atoms with van der Waals surface area (Å²) in [5.41, 5.74) is 2.56. The van der Waals surface area contributed by atoms with Gasteiger partial charge in [-0.25, -0.2) is 4.98 Å². The molecular formula is C15H10Cl2N2O. The second-order valence-electron chi connectivity index (χ2n) is 4.51. The fourth-order valence-electron chi connectivity index (χ4n) is 2.22. The Balaban J connectivity index is 2.18. The van der Waals surface area contributed by atoms with Crippen molar-refractivity contribution >= 4 is 40.0 Å². The van der Waals surface area contributed by atoms with Crippen LogP contribution in [0.15, 0.2) is 36.7 Å². The SMILES string of the molecule is Cc1cc(Cl)ccc1C(=O)c1c[nH]c2nccc(Cl)c12. The number of benzene rings is 1. The van der Waals surface area contributed by atoms with E-state index in [0.29, 0.717) is 32.2 Å². The van der Waals surface area contributed by atoms with Crippen LogP contribution in [-0.4, -0.2) is 15.8 Å². The van der Waals surface area contributed by atoms with Gasteiger partial charge in [-0.3, -0.25) is 4.79 Å². The van der Waals surface area contributed by atoms with Gasteiger partial charge in [-0.2, -0.15) is 0 Å². The molecule has 100 valence electrons. The van der Waals surface area contributed by atoms with Crippen LogP contribution in [0.3, 0.4) is 0 Å². The second-order valence-corrected chi connectivity index (χ2v) is 5.35. The van der Waals surface area contributed by atoms with E-state index in [1.807, 2.05) is 6.92 Å². The fourth-order valence-corrected chi connectivity index (χ4v) is 2.70. The standard InChI is InChI=1S/C15H10Cl2N2O/c1-8-6-9(16)2-3-10(8)14(20)11-7-19-15-13(11)12(17)4-5-18-15/h2-7H,1H3,(H,18,19). The number of pyridine rings is 1. The van der Waals surface area contributed by atoms with Crippen molar-refractivity contribution in [3.8, 4) is 0 Å². The molecule has 0 atom stereocenters. The van der Waals surface area contributed by atoms with Crippen LogP contribution in [0.2, 0.25) is 10.0 Å². The molecule has 1 aromatic carbocycles. The number of fused-ring (bicyclic) bond motifs is 1. The minimum Gasteiger partial charge on any atom is -0.345 e. The number of aryl methyl sites for hydroxylation is 1. The summed E-state index contributed by atoms with van der Waals surface area (Å²) in [5.74, 6) is -0.0969. The van der Waals surface area contributed by atoms with Crippen molar-refractivity contribution in [2.24, 2.45) is 0 Å². The van der Waals surface area contributed by atoms with Crippen molar-refractivity contribution in [2.45, 2.75) is 6.92 Å². The molecule has 0 saturated heterocycles. The third kappa shape index (κ3) is 2.09. The minimum atomic E-state index is -0.0969. The lowest BCUT2D eigenvalue weighted by Crippen LogP contribution is -2.03. The molecule has 2 heterocycles. The van der Waals surface area contributed by atoms with Crippen LogP contribution in [0.1, 0.15) is 21.5 Å². The monoisotopic (exact) mass is 304 g/mol. The van der Waals surface area contributed by atoms with Crippen LogP contribution in [0.5, 0.6) is 0 Å². The van der Waals surface area contributed by atoms with Crippen LogP contribution >= 0.6 is 23.2 Å². The number of aromatic nitrogens is 2. The predicted molar refractivity (Wildman–Crippen MR) is 80.7 cm³/mol. The molecule has 0 radical (unpaired) electrons. The third-order valence-electron chi connectivity index (χ3n) is 3.20. The van der Waals surface area contributed by atoms with E-state index in [0.717, 1.165) is 5.56 Å². The maximum atomic E-state index is 12.7. The van der Waals surface area contributed by atoms with Crippen molar-refractivity contribution in [1.29, 1.82) is 0 Å². The number of ketones is 1. The predicted octanol–water partition coefficient (Wildman–Crippen LogP) is 4.41. The van der Waals surface area contributed by atoms with Gasteiger partial charge in [0.1, 0.15) is 5.65 Å². The van der Waals surface area contributed by atoms with Crippen molar-refractivity contribution in [2.75, 3.05) is 0 Å². The maximum Gasteiger partial charge on any atom is 0.195 e. The molecular weight excluding hydrogens is 295 g/mol. The molecule has 3 nitrogen and oxygen atoms in total. The van der Waals surface area contributed by atoms with E-state index < -0.39 is 0 Å². The number of H-pyrrole nitrogens is 1. The number of hydrogen-bond acceptors (Lipinski definition) is 2. The largest absolute Gasteiger partial charge is 0.345 e. The zero-order valence-corrected chi connectivity index (χ0v) is 12.1. The molecule has 0 saturated carbocycles. The number of aromatic amines is 1. The number of nitrogens with zero attached hydrogens (tertiary/aromatic N) is 1. The van der Waals surface area contributed by atoms with Gasteiger partial charge in [-0.15, -0.1) is 0 Å². The first-order chi connectivity index (χ1) is 9.58. The first kappa shape index (κ1) is 13.2. The van der Waals surface area contributed by atoms with Crippen molar-refractivity contribution < 1.29 is 4.79 Å². The van der Waals surface area contributed by atoms with E-state index >= 15 is 0 Å². The van der Waals surface area contributed by atoms with Gasteiger partial charge in [0.25, 0.3) is 0 Å². The lowest BCUT2D eigenvalue weighted by molar-refractivity contribution is 0.104. The molecule has 0 aliphatic rings. The molecule has 2 aromatic heterocycles. The van der Waals surface area contributed by atoms with Crippen LogP contribution in [0.25, 0.3) is 11.0 Å². The summed E-state index contributed by atoms with van der Waals surface area (Å²) in [6, 6.07) is 6.87. The molecule has 3 rings (SSSR count). The van der Waals surface area contributed by atoms with Gasteiger partial charge in [0.15, 0.2) is 5.78 Å². The molecule has 0 spiro atoms. The van der Waals surface area contributed by atoms with Crippen LogP contribution < -0.4 is 0 Å². The summed E-state index contributed by atoms with van der Waals surface area (Å²) in [6.07, 6.45) is 3.24. The molecule has 0 amide bonds. The van der Waals surface area contributed by atoms with Crippen LogP contribution in [0.4, 0.5) is 0 Å². The van der Waals surface area contributed by atoms with E-state index in [9.17, 15) is 4.79 Å². The zero-order chi connectivity index (χ0) is 14.3. The molecule has 0 aliphatic carbocycles. The molecule has 0 fully saturated rings. The molecule has 0 aliphatic heterocycles. The highest BCUT2D eigenvalue weighted by Gasteiger charge is 2.18. The number of carbonyl (C=O) groups excluding carboxylic acids is 1. The molecule has 0 unspecified atom stereocenters. The average Bonchev–Trinajstić information content (AvgIpc) is 2.83. The summed E-state index contributed by atoms with van der Waals surface area (Å²) >= 11 is 12.1. The van der Waals surface area contributed by atoms with E-state index in [-0.39, 0.29) is 5.78 Å². The Morgan fingerprint density at radius 2 is 2.00 bits per heavy atom. The Morgan fingerprint density at radius 3 is 2.75 bits per heavy atom. The normalized spacial score (nSPS) is 10.9. The minimum absolute atomic E-state index is 0.0969. The molecule has 5 heteroatoms. The summed E-state index contributed by atoms with van der Waals surface area (Å²) in [4.78, 5) is 19.8. The Morgan fingerprint density at radius 1 is 1.20 bits per heavy atom. The van der Waals surface area contributed by atoms with E-state index in [1.165, 1.54) is 0 Å². The Labute approximate surface area is 125 Å². The second kappa shape index (κ2) is 4.93. The lowest BCUT2D eigenvalue weighted by Gasteiger charge is -2.05. The van der Waals surface area contributed by atoms with Crippen LogP contribution in [0, 0.1) is 6.92 Å². The number of carbonyl (C=O) groups is 1. The quantitative estimate of drug-likeness (QED) is 0.713. The highest BCUT2D eigenvalue weighted by molar-refractivity contribution is 6.37. The van der Waals surface area contributed by atoms with E-state index in [4.69, 9.17) is 23.2 Å². The van der Waals surface area contributed by atoms with Gasteiger partial charge < -0.3 is 4.98 Å². The third-order valence-corrected chi connectivity index (χ3v) is 3.75. The van der Waals surface area contributed by atoms with Gasteiger partial charge in [-0.05, 0) is 36.8 Å². The Hall–Kier alpha value is -1.84. The highest BCUT2D eigenvalue weighted by Crippen LogP contribution is 2.28. The first-order valence-electron chi connectivity index (χ1n) is 6.00. The van der Waals surface area contributed by atoms with Crippen molar-refractivity contribution in [3.63, 3.8) is 0 Å². The first-order valence-corrected chi connectivity index (χ1v) is 6.76. The topological polar surface area (TPSA) is 45.8 Å². The lowest BCUT2D eigenvalue weighted by atomic mass is 9.99. The van der Waals surface area contributed by atoms with Gasteiger partial charge in [0.2, 0.25) is 0 Å². The number of hydrogen-bond donors (Lipinski definition) is 1. The van der Waals surface area contributed by atoms with Crippen molar-refractivity contribution in [1.82, 2.24) is 9.97 Å². The van der Waals surface area contributed by atoms with Gasteiger partial charge in [0, 0.05) is 28.4 Å². The summed E-state index contributed by atoms with van der Waals surface area (Å²) < 4.78 is 0. The number of halogens is 2. The molecule has 20 heavy (non-hydrogen) atoms. The Kier molecular flexibility index (Phi) is 3.24. The zero-order valence-electron chi connectivity index (χ0n) is 10.6. The maximum absolute atomic E-state index is 12.7. The fraction of sp³-hybridized carbons (Fsp3) is 0.0667. The molecule has 0 bridgehead atoms. The van der Waals surface area contributed by atoms with Crippen LogP contribution in [-0.2, 0) is 0 Å².